The monoisotopic (exact) mass is 456 g/mol. The molecule has 0 spiro atoms. The van der Waals surface area contributed by atoms with E-state index in [9.17, 15) is 21.6 Å². The van der Waals surface area contributed by atoms with Crippen LogP contribution in [0.5, 0.6) is 0 Å². The smallest absolute Gasteiger partial charge is 0.243 e. The van der Waals surface area contributed by atoms with Gasteiger partial charge in [0.1, 0.15) is 0 Å². The summed E-state index contributed by atoms with van der Waals surface area (Å²) >= 11 is 6.18. The van der Waals surface area contributed by atoms with Crippen LogP contribution < -0.4 is 5.32 Å². The fraction of sp³-hybridized carbons (Fsp3) is 0.316. The molecule has 29 heavy (non-hydrogen) atoms. The normalized spacial score (nSPS) is 20.0. The van der Waals surface area contributed by atoms with Crippen LogP contribution in [0.3, 0.4) is 0 Å². The summed E-state index contributed by atoms with van der Waals surface area (Å²) in [5, 5.41) is 2.08. The zero-order valence-electron chi connectivity index (χ0n) is 15.7. The van der Waals surface area contributed by atoms with Crippen molar-refractivity contribution < 1.29 is 21.6 Å². The molecule has 1 aliphatic rings. The minimum Gasteiger partial charge on any atom is -0.326 e. The highest BCUT2D eigenvalue weighted by Gasteiger charge is 2.36. The molecule has 1 unspecified atom stereocenters. The molecule has 0 radical (unpaired) electrons. The summed E-state index contributed by atoms with van der Waals surface area (Å²) < 4.78 is 52.8. The number of nitrogens with one attached hydrogen (secondary N) is 1. The Bertz CT molecular complexity index is 1120. The lowest BCUT2D eigenvalue weighted by Crippen LogP contribution is -2.33. The number of halogens is 1. The molecule has 0 bridgehead atoms. The van der Waals surface area contributed by atoms with E-state index in [0.717, 1.165) is 0 Å². The third-order valence-electron chi connectivity index (χ3n) is 4.76. The largest absolute Gasteiger partial charge is 0.326 e. The number of sulfonamides is 1. The van der Waals surface area contributed by atoms with Crippen LogP contribution in [-0.4, -0.2) is 45.9 Å². The SMILES string of the molecule is CC(=O)Nc1ccc(S(=O)(=O)N2CCC(c3ccccc3Cl)S(=O)(=O)CC2)cc1. The predicted molar refractivity (Wildman–Crippen MR) is 112 cm³/mol. The van der Waals surface area contributed by atoms with Crippen molar-refractivity contribution in [2.45, 2.75) is 23.5 Å². The first kappa shape index (κ1) is 21.8. The van der Waals surface area contributed by atoms with E-state index in [-0.39, 0.29) is 36.1 Å². The summed E-state index contributed by atoms with van der Waals surface area (Å²) in [6.45, 7) is 1.29. The number of hydrogen-bond donors (Lipinski definition) is 1. The molecule has 2 aromatic rings. The van der Waals surface area contributed by atoms with Gasteiger partial charge < -0.3 is 5.32 Å². The first-order valence-corrected chi connectivity index (χ1v) is 12.5. The van der Waals surface area contributed by atoms with Crippen LogP contribution >= 0.6 is 11.6 Å². The van der Waals surface area contributed by atoms with Crippen molar-refractivity contribution >= 4 is 43.1 Å². The second kappa shape index (κ2) is 8.43. The highest BCUT2D eigenvalue weighted by atomic mass is 35.5. The van der Waals surface area contributed by atoms with E-state index in [1.807, 2.05) is 0 Å². The minimum atomic E-state index is -3.87. The zero-order chi connectivity index (χ0) is 21.2. The average Bonchev–Trinajstić information content (AvgIpc) is 2.81. The van der Waals surface area contributed by atoms with Gasteiger partial charge in [-0.15, -0.1) is 0 Å². The third kappa shape index (κ3) is 4.80. The van der Waals surface area contributed by atoms with Crippen molar-refractivity contribution in [3.63, 3.8) is 0 Å². The summed E-state index contributed by atoms with van der Waals surface area (Å²) in [5.41, 5.74) is 0.974. The molecule has 0 aliphatic carbocycles. The van der Waals surface area contributed by atoms with Gasteiger partial charge in [-0.3, -0.25) is 4.79 Å². The Balaban J connectivity index is 1.85. The molecule has 1 N–H and O–H groups in total. The van der Waals surface area contributed by atoms with Crippen LogP contribution in [0.15, 0.2) is 53.4 Å². The Morgan fingerprint density at radius 1 is 1.10 bits per heavy atom. The number of anilines is 1. The molecule has 3 rings (SSSR count). The number of nitrogens with zero attached hydrogens (tertiary/aromatic N) is 1. The van der Waals surface area contributed by atoms with E-state index < -0.39 is 25.1 Å². The maximum Gasteiger partial charge on any atom is 0.243 e. The maximum atomic E-state index is 13.0. The molecule has 1 fully saturated rings. The van der Waals surface area contributed by atoms with E-state index in [0.29, 0.717) is 16.3 Å². The van der Waals surface area contributed by atoms with E-state index in [2.05, 4.69) is 5.32 Å². The molecule has 1 aliphatic heterocycles. The van der Waals surface area contributed by atoms with Gasteiger partial charge in [0, 0.05) is 30.7 Å². The number of rotatable bonds is 4. The van der Waals surface area contributed by atoms with Gasteiger partial charge in [0.05, 0.1) is 15.9 Å². The Kier molecular flexibility index (Phi) is 6.33. The maximum absolute atomic E-state index is 13.0. The van der Waals surface area contributed by atoms with Gasteiger partial charge >= 0.3 is 0 Å². The Hall–Kier alpha value is -1.94. The van der Waals surface area contributed by atoms with Gasteiger partial charge in [0.15, 0.2) is 9.84 Å². The summed E-state index contributed by atoms with van der Waals surface area (Å²) in [6, 6.07) is 12.5. The van der Waals surface area contributed by atoms with E-state index in [1.54, 1.807) is 24.3 Å². The first-order valence-electron chi connectivity index (χ1n) is 8.95. The van der Waals surface area contributed by atoms with Crippen LogP contribution in [0.2, 0.25) is 5.02 Å². The molecule has 2 aromatic carbocycles. The van der Waals surface area contributed by atoms with Crippen molar-refractivity contribution in [3.8, 4) is 0 Å². The fourth-order valence-corrected chi connectivity index (χ4v) is 7.03. The van der Waals surface area contributed by atoms with Crippen LogP contribution in [0.25, 0.3) is 0 Å². The van der Waals surface area contributed by atoms with Gasteiger partial charge in [0.25, 0.3) is 0 Å². The molecule has 0 aromatic heterocycles. The Morgan fingerprint density at radius 2 is 1.76 bits per heavy atom. The van der Waals surface area contributed by atoms with Crippen LogP contribution in [0.4, 0.5) is 5.69 Å². The predicted octanol–water partition coefficient (Wildman–Crippen LogP) is 2.85. The molecule has 1 saturated heterocycles. The second-order valence-corrected chi connectivity index (χ2v) is 11.4. The van der Waals surface area contributed by atoms with Gasteiger partial charge in [-0.25, -0.2) is 16.8 Å². The highest BCUT2D eigenvalue weighted by molar-refractivity contribution is 7.92. The zero-order valence-corrected chi connectivity index (χ0v) is 18.1. The van der Waals surface area contributed by atoms with E-state index in [4.69, 9.17) is 11.6 Å². The number of benzene rings is 2. The standard InChI is InChI=1S/C19H21ClN2O5S2/c1-14(23)21-15-6-8-16(9-7-15)29(26,27)22-11-10-19(28(24,25)13-12-22)17-4-2-3-5-18(17)20/h2-9,19H,10-13H2,1H3,(H,21,23). The van der Waals surface area contributed by atoms with Crippen molar-refractivity contribution in [2.75, 3.05) is 24.2 Å². The molecular weight excluding hydrogens is 436 g/mol. The van der Waals surface area contributed by atoms with E-state index >= 15 is 0 Å². The van der Waals surface area contributed by atoms with Crippen molar-refractivity contribution in [3.05, 3.63) is 59.1 Å². The lowest BCUT2D eigenvalue weighted by Gasteiger charge is -2.20. The summed E-state index contributed by atoms with van der Waals surface area (Å²) in [4.78, 5) is 11.2. The lowest BCUT2D eigenvalue weighted by atomic mass is 10.1. The number of hydrogen-bond acceptors (Lipinski definition) is 5. The molecular formula is C19H21ClN2O5S2. The van der Waals surface area contributed by atoms with Crippen molar-refractivity contribution in [1.29, 1.82) is 0 Å². The molecule has 1 amide bonds. The van der Waals surface area contributed by atoms with Gasteiger partial charge in [-0.1, -0.05) is 29.8 Å². The topological polar surface area (TPSA) is 101 Å². The molecule has 10 heteroatoms. The lowest BCUT2D eigenvalue weighted by molar-refractivity contribution is -0.114. The first-order chi connectivity index (χ1) is 13.6. The molecule has 1 heterocycles. The van der Waals surface area contributed by atoms with E-state index in [1.165, 1.54) is 35.5 Å². The van der Waals surface area contributed by atoms with Gasteiger partial charge in [-0.05, 0) is 42.3 Å². The Labute approximate surface area is 175 Å². The minimum absolute atomic E-state index is 0.0418. The number of carbonyl (C=O) groups is 1. The summed E-state index contributed by atoms with van der Waals surface area (Å²) in [5.74, 6) is -0.546. The van der Waals surface area contributed by atoms with Crippen molar-refractivity contribution in [1.82, 2.24) is 4.31 Å². The van der Waals surface area contributed by atoms with Crippen LogP contribution in [0.1, 0.15) is 24.2 Å². The third-order valence-corrected chi connectivity index (χ3v) is 9.13. The Morgan fingerprint density at radius 3 is 2.38 bits per heavy atom. The number of sulfone groups is 1. The van der Waals surface area contributed by atoms with Crippen LogP contribution in [-0.2, 0) is 24.7 Å². The fourth-order valence-electron chi connectivity index (χ4n) is 3.31. The average molecular weight is 457 g/mol. The highest BCUT2D eigenvalue weighted by Crippen LogP contribution is 2.35. The molecule has 156 valence electrons. The summed E-state index contributed by atoms with van der Waals surface area (Å²) in [7, 11) is -7.44. The molecule has 7 nitrogen and oxygen atoms in total. The van der Waals surface area contributed by atoms with Crippen molar-refractivity contribution in [2.24, 2.45) is 0 Å². The summed E-state index contributed by atoms with van der Waals surface area (Å²) in [6.07, 6.45) is 0.120. The second-order valence-electron chi connectivity index (χ2n) is 6.78. The van der Waals surface area contributed by atoms with Crippen LogP contribution in [0, 0.1) is 0 Å². The number of amides is 1. The van der Waals surface area contributed by atoms with Gasteiger partial charge in [0.2, 0.25) is 15.9 Å². The molecule has 1 atom stereocenters. The van der Waals surface area contributed by atoms with Gasteiger partial charge in [-0.2, -0.15) is 4.31 Å². The quantitative estimate of drug-likeness (QED) is 0.762. The number of carbonyl (C=O) groups excluding carboxylic acids is 1. The molecule has 0 saturated carbocycles.